The van der Waals surface area contributed by atoms with Crippen molar-refractivity contribution in [1.82, 2.24) is 14.6 Å². The van der Waals surface area contributed by atoms with Gasteiger partial charge in [0.05, 0.1) is 17.1 Å². The maximum absolute atomic E-state index is 13.1. The highest BCUT2D eigenvalue weighted by Gasteiger charge is 2.33. The summed E-state index contributed by atoms with van der Waals surface area (Å²) in [6, 6.07) is 18.7. The van der Waals surface area contributed by atoms with E-state index in [9.17, 15) is 18.0 Å². The van der Waals surface area contributed by atoms with Crippen LogP contribution in [0.25, 0.3) is 0 Å². The molecule has 1 aliphatic carbocycles. The normalized spacial score (nSPS) is 13.5. The summed E-state index contributed by atoms with van der Waals surface area (Å²) in [5, 5.41) is 0. The molecule has 0 radical (unpaired) electrons. The molecule has 1 amide bonds. The molecule has 1 aliphatic rings. The van der Waals surface area contributed by atoms with Gasteiger partial charge < -0.3 is 4.90 Å². The number of aromatic nitrogens is 1. The number of sulfonamides is 1. The SMILES string of the molecule is CC(=O)c1ccc(S(=O)(=O)NCc2ccc(C(=O)N(Cc3ccccn3)C3CC3)cc2)cc1. The lowest BCUT2D eigenvalue weighted by Crippen LogP contribution is -2.33. The Labute approximate surface area is 193 Å². The molecule has 2 aromatic carbocycles. The van der Waals surface area contributed by atoms with Crippen molar-refractivity contribution >= 4 is 21.7 Å². The number of nitrogens with zero attached hydrogens (tertiary/aromatic N) is 2. The van der Waals surface area contributed by atoms with Gasteiger partial charge in [0.1, 0.15) is 0 Å². The summed E-state index contributed by atoms with van der Waals surface area (Å²) in [6.07, 6.45) is 3.70. The van der Waals surface area contributed by atoms with Gasteiger partial charge in [-0.25, -0.2) is 13.1 Å². The molecule has 33 heavy (non-hydrogen) atoms. The van der Waals surface area contributed by atoms with E-state index >= 15 is 0 Å². The lowest BCUT2D eigenvalue weighted by molar-refractivity contribution is 0.0727. The van der Waals surface area contributed by atoms with Crippen molar-refractivity contribution < 1.29 is 18.0 Å². The number of nitrogens with one attached hydrogen (secondary N) is 1. The van der Waals surface area contributed by atoms with Crippen molar-refractivity contribution in [2.45, 2.75) is 43.8 Å². The van der Waals surface area contributed by atoms with Gasteiger partial charge in [-0.3, -0.25) is 14.6 Å². The first kappa shape index (κ1) is 22.8. The van der Waals surface area contributed by atoms with Crippen LogP contribution in [-0.4, -0.2) is 36.0 Å². The van der Waals surface area contributed by atoms with E-state index < -0.39 is 10.0 Å². The van der Waals surface area contributed by atoms with E-state index in [0.717, 1.165) is 24.1 Å². The molecule has 1 heterocycles. The minimum Gasteiger partial charge on any atom is -0.330 e. The van der Waals surface area contributed by atoms with Crippen molar-refractivity contribution in [3.05, 3.63) is 95.3 Å². The first-order valence-electron chi connectivity index (χ1n) is 10.7. The highest BCUT2D eigenvalue weighted by molar-refractivity contribution is 7.89. The Morgan fingerprint density at radius 3 is 2.21 bits per heavy atom. The Kier molecular flexibility index (Phi) is 6.67. The highest BCUT2D eigenvalue weighted by atomic mass is 32.2. The van der Waals surface area contributed by atoms with E-state index in [2.05, 4.69) is 9.71 Å². The molecule has 1 N–H and O–H groups in total. The molecule has 3 aromatic rings. The summed E-state index contributed by atoms with van der Waals surface area (Å²) in [4.78, 5) is 30.7. The zero-order valence-corrected chi connectivity index (χ0v) is 19.1. The molecular formula is C25H25N3O4S. The number of rotatable bonds is 9. The molecule has 1 aromatic heterocycles. The maximum Gasteiger partial charge on any atom is 0.254 e. The third-order valence-corrected chi connectivity index (χ3v) is 6.96. The summed E-state index contributed by atoms with van der Waals surface area (Å²) in [5.41, 5.74) is 2.60. The molecule has 1 saturated carbocycles. The van der Waals surface area contributed by atoms with E-state index in [-0.39, 0.29) is 29.2 Å². The second-order valence-corrected chi connectivity index (χ2v) is 9.85. The third-order valence-electron chi connectivity index (χ3n) is 5.55. The predicted molar refractivity (Wildman–Crippen MR) is 124 cm³/mol. The number of Topliss-reactive ketones (excluding diaryl/α,β-unsaturated/α-hetero) is 1. The number of benzene rings is 2. The average molecular weight is 464 g/mol. The van der Waals surface area contributed by atoms with Crippen LogP contribution in [0.15, 0.2) is 77.8 Å². The summed E-state index contributed by atoms with van der Waals surface area (Å²) < 4.78 is 27.6. The number of pyridine rings is 1. The van der Waals surface area contributed by atoms with Crippen LogP contribution in [-0.2, 0) is 23.1 Å². The molecule has 1 fully saturated rings. The largest absolute Gasteiger partial charge is 0.330 e. The average Bonchev–Trinajstić information content (AvgIpc) is 3.67. The van der Waals surface area contributed by atoms with E-state index in [1.54, 1.807) is 30.5 Å². The fourth-order valence-corrected chi connectivity index (χ4v) is 4.50. The minimum absolute atomic E-state index is 0.0548. The summed E-state index contributed by atoms with van der Waals surface area (Å²) >= 11 is 0. The highest BCUT2D eigenvalue weighted by Crippen LogP contribution is 2.29. The Balaban J connectivity index is 1.40. The molecule has 0 unspecified atom stereocenters. The van der Waals surface area contributed by atoms with Gasteiger partial charge in [0.25, 0.3) is 5.91 Å². The van der Waals surface area contributed by atoms with Crippen LogP contribution in [0.1, 0.15) is 51.7 Å². The third kappa shape index (κ3) is 5.71. The number of carbonyl (C=O) groups is 2. The summed E-state index contributed by atoms with van der Waals surface area (Å²) in [7, 11) is -3.72. The fraction of sp³-hybridized carbons (Fsp3) is 0.240. The van der Waals surface area contributed by atoms with Crippen LogP contribution in [0.2, 0.25) is 0 Å². The van der Waals surface area contributed by atoms with Crippen LogP contribution >= 0.6 is 0 Å². The molecule has 0 saturated heterocycles. The van der Waals surface area contributed by atoms with Gasteiger partial charge in [0.15, 0.2) is 5.78 Å². The number of hydrogen-bond acceptors (Lipinski definition) is 5. The van der Waals surface area contributed by atoms with Crippen molar-refractivity contribution in [3.8, 4) is 0 Å². The van der Waals surface area contributed by atoms with Gasteiger partial charge in [-0.1, -0.05) is 30.3 Å². The maximum atomic E-state index is 13.1. The Hall–Kier alpha value is -3.36. The molecule has 8 heteroatoms. The van der Waals surface area contributed by atoms with Crippen LogP contribution in [0.5, 0.6) is 0 Å². The van der Waals surface area contributed by atoms with E-state index in [1.807, 2.05) is 23.1 Å². The van der Waals surface area contributed by atoms with Gasteiger partial charge in [-0.2, -0.15) is 0 Å². The number of carbonyl (C=O) groups excluding carboxylic acids is 2. The van der Waals surface area contributed by atoms with Crippen LogP contribution in [0.4, 0.5) is 0 Å². The predicted octanol–water partition coefficient (Wildman–Crippen LogP) is 3.57. The van der Waals surface area contributed by atoms with Gasteiger partial charge in [0, 0.05) is 29.9 Å². The van der Waals surface area contributed by atoms with Crippen LogP contribution < -0.4 is 4.72 Å². The van der Waals surface area contributed by atoms with Crippen molar-refractivity contribution in [1.29, 1.82) is 0 Å². The molecule has 0 aliphatic heterocycles. The van der Waals surface area contributed by atoms with Gasteiger partial charge in [-0.15, -0.1) is 0 Å². The van der Waals surface area contributed by atoms with E-state index in [0.29, 0.717) is 17.7 Å². The van der Waals surface area contributed by atoms with Gasteiger partial charge in [-0.05, 0) is 61.7 Å². The molecule has 4 rings (SSSR count). The lowest BCUT2D eigenvalue weighted by Gasteiger charge is -2.22. The van der Waals surface area contributed by atoms with Gasteiger partial charge in [0.2, 0.25) is 10.0 Å². The standard InChI is InChI=1S/C25H25N3O4S/c1-18(29)20-9-13-24(14-10-20)33(31,32)27-16-19-5-7-21(8-6-19)25(30)28(23-11-12-23)17-22-4-2-3-15-26-22/h2-10,13-15,23,27H,11-12,16-17H2,1H3. The van der Waals surface area contributed by atoms with Crippen LogP contribution in [0.3, 0.4) is 0 Å². The number of amides is 1. The van der Waals surface area contributed by atoms with Crippen LogP contribution in [0, 0.1) is 0 Å². The molecule has 170 valence electrons. The number of hydrogen-bond donors (Lipinski definition) is 1. The van der Waals surface area contributed by atoms with Crippen molar-refractivity contribution in [2.75, 3.05) is 0 Å². The first-order valence-corrected chi connectivity index (χ1v) is 12.2. The lowest BCUT2D eigenvalue weighted by atomic mass is 10.1. The second kappa shape index (κ2) is 9.64. The zero-order chi connectivity index (χ0) is 23.4. The molecule has 0 bridgehead atoms. The van der Waals surface area contributed by atoms with Crippen molar-refractivity contribution in [2.24, 2.45) is 0 Å². The zero-order valence-electron chi connectivity index (χ0n) is 18.3. The number of ketones is 1. The Morgan fingerprint density at radius 2 is 1.64 bits per heavy atom. The molecular weight excluding hydrogens is 438 g/mol. The van der Waals surface area contributed by atoms with E-state index in [1.165, 1.54) is 31.2 Å². The monoisotopic (exact) mass is 463 g/mol. The van der Waals surface area contributed by atoms with Gasteiger partial charge >= 0.3 is 0 Å². The quantitative estimate of drug-likeness (QED) is 0.490. The summed E-state index contributed by atoms with van der Waals surface area (Å²) in [5.74, 6) is -0.178. The van der Waals surface area contributed by atoms with E-state index in [4.69, 9.17) is 0 Å². The fourth-order valence-electron chi connectivity index (χ4n) is 3.48. The first-order chi connectivity index (χ1) is 15.8. The Morgan fingerprint density at radius 1 is 0.970 bits per heavy atom. The molecule has 7 nitrogen and oxygen atoms in total. The summed E-state index contributed by atoms with van der Waals surface area (Å²) in [6.45, 7) is 1.98. The van der Waals surface area contributed by atoms with Crippen molar-refractivity contribution in [3.63, 3.8) is 0 Å². The molecule has 0 spiro atoms. The minimum atomic E-state index is -3.72. The topological polar surface area (TPSA) is 96.4 Å². The molecule has 0 atom stereocenters. The Bertz CT molecular complexity index is 1240. The second-order valence-electron chi connectivity index (χ2n) is 8.09. The smallest absolute Gasteiger partial charge is 0.254 e.